The Morgan fingerprint density at radius 2 is 1.78 bits per heavy atom. The minimum Gasteiger partial charge on any atom is -0.463 e. The van der Waals surface area contributed by atoms with Gasteiger partial charge in [-0.15, -0.1) is 0 Å². The maximum absolute atomic E-state index is 12.1. The molecule has 0 atom stereocenters. The number of hydrogen-bond donors (Lipinski definition) is 0. The minimum absolute atomic E-state index is 0.0205. The van der Waals surface area contributed by atoms with Gasteiger partial charge < -0.3 is 9.15 Å². The highest BCUT2D eigenvalue weighted by molar-refractivity contribution is 6.34. The predicted molar refractivity (Wildman–Crippen MR) is 64.9 cm³/mol. The summed E-state index contributed by atoms with van der Waals surface area (Å²) < 4.78 is 9.61. The predicted octanol–water partition coefficient (Wildman–Crippen LogP) is 2.95. The molecule has 4 nitrogen and oxygen atoms in total. The van der Waals surface area contributed by atoms with Crippen LogP contribution in [0.15, 0.2) is 40.8 Å². The summed E-state index contributed by atoms with van der Waals surface area (Å²) in [5.74, 6) is -0.986. The van der Waals surface area contributed by atoms with Crippen LogP contribution in [0, 0.1) is 0 Å². The molecule has 0 bridgehead atoms. The number of benzene rings is 1. The van der Waals surface area contributed by atoms with Crippen molar-refractivity contribution in [3.8, 4) is 0 Å². The van der Waals surface area contributed by atoms with Crippen LogP contribution in [-0.4, -0.2) is 18.9 Å². The molecule has 0 radical (unpaired) electrons. The molecule has 0 aliphatic rings. The summed E-state index contributed by atoms with van der Waals surface area (Å²) in [4.78, 5) is 23.3. The molecule has 92 valence electrons. The van der Waals surface area contributed by atoms with Gasteiger partial charge in [0, 0.05) is 5.56 Å². The lowest BCUT2D eigenvalue weighted by Crippen LogP contribution is -2.01. The molecular weight excluding hydrogens is 256 g/mol. The first kappa shape index (κ1) is 12.4. The van der Waals surface area contributed by atoms with Gasteiger partial charge in [0.05, 0.1) is 12.1 Å². The van der Waals surface area contributed by atoms with E-state index in [1.165, 1.54) is 19.2 Å². The maximum Gasteiger partial charge on any atom is 0.373 e. The van der Waals surface area contributed by atoms with Gasteiger partial charge in [-0.25, -0.2) is 4.79 Å². The summed E-state index contributed by atoms with van der Waals surface area (Å²) in [5, 5.41) is 0.332. The fourth-order valence-corrected chi connectivity index (χ4v) is 1.67. The first-order valence-electron chi connectivity index (χ1n) is 5.11. The zero-order valence-electron chi connectivity index (χ0n) is 9.48. The molecule has 0 aliphatic heterocycles. The van der Waals surface area contributed by atoms with Crippen molar-refractivity contribution in [3.05, 3.63) is 58.5 Å². The Kier molecular flexibility index (Phi) is 3.48. The van der Waals surface area contributed by atoms with Gasteiger partial charge in [0.1, 0.15) is 0 Å². The standard InChI is InChI=1S/C13H9ClO4/c1-17-13(16)11-7-6-10(18-11)12(15)8-4-2-3-5-9(8)14/h2-7H,1H3. The van der Waals surface area contributed by atoms with E-state index in [1.54, 1.807) is 24.3 Å². The maximum atomic E-state index is 12.1. The van der Waals surface area contributed by atoms with E-state index in [9.17, 15) is 9.59 Å². The zero-order valence-corrected chi connectivity index (χ0v) is 10.2. The molecule has 0 unspecified atom stereocenters. The average molecular weight is 265 g/mol. The molecule has 1 aromatic carbocycles. The van der Waals surface area contributed by atoms with Crippen LogP contribution in [-0.2, 0) is 4.74 Å². The number of hydrogen-bond acceptors (Lipinski definition) is 4. The lowest BCUT2D eigenvalue weighted by atomic mass is 10.1. The van der Waals surface area contributed by atoms with Gasteiger partial charge in [0.25, 0.3) is 0 Å². The van der Waals surface area contributed by atoms with Crippen molar-refractivity contribution in [2.45, 2.75) is 0 Å². The van der Waals surface area contributed by atoms with Crippen molar-refractivity contribution in [1.29, 1.82) is 0 Å². The summed E-state index contributed by atoms with van der Waals surface area (Å²) in [6, 6.07) is 9.42. The second-order valence-corrected chi connectivity index (χ2v) is 3.87. The Labute approximate surface area is 108 Å². The van der Waals surface area contributed by atoms with Crippen molar-refractivity contribution >= 4 is 23.4 Å². The SMILES string of the molecule is COC(=O)c1ccc(C(=O)c2ccccc2Cl)o1. The Bertz CT molecular complexity index is 601. The van der Waals surface area contributed by atoms with E-state index < -0.39 is 5.97 Å². The molecule has 2 aromatic rings. The van der Waals surface area contributed by atoms with Gasteiger partial charge in [-0.2, -0.15) is 0 Å². The molecule has 5 heteroatoms. The van der Waals surface area contributed by atoms with Crippen LogP contribution in [0.1, 0.15) is 26.7 Å². The highest BCUT2D eigenvalue weighted by Crippen LogP contribution is 2.20. The molecule has 0 aliphatic carbocycles. The lowest BCUT2D eigenvalue weighted by Gasteiger charge is -2.00. The molecule has 1 heterocycles. The van der Waals surface area contributed by atoms with Crippen LogP contribution in [0.4, 0.5) is 0 Å². The Balaban J connectivity index is 2.33. The van der Waals surface area contributed by atoms with E-state index in [-0.39, 0.29) is 17.3 Å². The number of carbonyl (C=O) groups excluding carboxylic acids is 2. The number of ether oxygens (including phenoxy) is 1. The smallest absolute Gasteiger partial charge is 0.373 e. The van der Waals surface area contributed by atoms with Crippen molar-refractivity contribution in [2.75, 3.05) is 7.11 Å². The number of ketones is 1. The number of methoxy groups -OCH3 is 1. The van der Waals surface area contributed by atoms with Gasteiger partial charge in [-0.3, -0.25) is 4.79 Å². The fraction of sp³-hybridized carbons (Fsp3) is 0.0769. The summed E-state index contributed by atoms with van der Waals surface area (Å²) >= 11 is 5.91. The van der Waals surface area contributed by atoms with E-state index >= 15 is 0 Å². The molecule has 0 spiro atoms. The highest BCUT2D eigenvalue weighted by atomic mass is 35.5. The average Bonchev–Trinajstić information content (AvgIpc) is 2.87. The largest absolute Gasteiger partial charge is 0.463 e. The van der Waals surface area contributed by atoms with E-state index in [4.69, 9.17) is 16.0 Å². The third-order valence-corrected chi connectivity index (χ3v) is 2.66. The Morgan fingerprint density at radius 3 is 2.44 bits per heavy atom. The molecule has 0 fully saturated rings. The van der Waals surface area contributed by atoms with Gasteiger partial charge in [-0.05, 0) is 24.3 Å². The zero-order chi connectivity index (χ0) is 13.1. The highest BCUT2D eigenvalue weighted by Gasteiger charge is 2.18. The molecule has 18 heavy (non-hydrogen) atoms. The number of halogens is 1. The lowest BCUT2D eigenvalue weighted by molar-refractivity contribution is 0.0563. The van der Waals surface area contributed by atoms with Crippen LogP contribution in [0.25, 0.3) is 0 Å². The van der Waals surface area contributed by atoms with Gasteiger partial charge in [-0.1, -0.05) is 23.7 Å². The summed E-state index contributed by atoms with van der Waals surface area (Å²) in [6.07, 6.45) is 0. The summed E-state index contributed by atoms with van der Waals surface area (Å²) in [5.41, 5.74) is 0.324. The summed E-state index contributed by atoms with van der Waals surface area (Å²) in [6.45, 7) is 0. The quantitative estimate of drug-likeness (QED) is 0.632. The molecule has 0 saturated carbocycles. The van der Waals surface area contributed by atoms with Gasteiger partial charge in [0.2, 0.25) is 11.5 Å². The van der Waals surface area contributed by atoms with Gasteiger partial charge in [0.15, 0.2) is 5.76 Å². The van der Waals surface area contributed by atoms with E-state index in [0.29, 0.717) is 10.6 Å². The minimum atomic E-state index is -0.631. The second kappa shape index (κ2) is 5.06. The third kappa shape index (κ3) is 2.28. The topological polar surface area (TPSA) is 56.5 Å². The normalized spacial score (nSPS) is 10.1. The molecule has 0 N–H and O–H groups in total. The van der Waals surface area contributed by atoms with Crippen LogP contribution in [0.5, 0.6) is 0 Å². The number of rotatable bonds is 3. The van der Waals surface area contributed by atoms with Crippen LogP contribution < -0.4 is 0 Å². The number of carbonyl (C=O) groups is 2. The first-order valence-corrected chi connectivity index (χ1v) is 5.48. The van der Waals surface area contributed by atoms with E-state index in [1.807, 2.05) is 0 Å². The molecule has 2 rings (SSSR count). The number of furan rings is 1. The van der Waals surface area contributed by atoms with Crippen LogP contribution in [0.2, 0.25) is 5.02 Å². The van der Waals surface area contributed by atoms with Crippen LogP contribution >= 0.6 is 11.6 Å². The molecule has 0 saturated heterocycles. The van der Waals surface area contributed by atoms with Crippen molar-refractivity contribution < 1.29 is 18.7 Å². The van der Waals surface area contributed by atoms with Crippen molar-refractivity contribution in [1.82, 2.24) is 0 Å². The fourth-order valence-electron chi connectivity index (χ4n) is 1.45. The van der Waals surface area contributed by atoms with Crippen LogP contribution in [0.3, 0.4) is 0 Å². The van der Waals surface area contributed by atoms with E-state index in [2.05, 4.69) is 4.74 Å². The number of esters is 1. The monoisotopic (exact) mass is 264 g/mol. The van der Waals surface area contributed by atoms with E-state index in [0.717, 1.165) is 0 Å². The van der Waals surface area contributed by atoms with Crippen molar-refractivity contribution in [2.24, 2.45) is 0 Å². The van der Waals surface area contributed by atoms with Gasteiger partial charge >= 0.3 is 5.97 Å². The third-order valence-electron chi connectivity index (χ3n) is 2.33. The van der Waals surface area contributed by atoms with Crippen molar-refractivity contribution in [3.63, 3.8) is 0 Å². The molecular formula is C13H9ClO4. The molecule has 0 amide bonds. The summed E-state index contributed by atoms with van der Waals surface area (Å²) in [7, 11) is 1.24. The molecule has 1 aromatic heterocycles. The second-order valence-electron chi connectivity index (χ2n) is 3.46. The first-order chi connectivity index (χ1) is 8.63. The Morgan fingerprint density at radius 1 is 1.11 bits per heavy atom. The Hall–Kier alpha value is -2.07.